The van der Waals surface area contributed by atoms with Gasteiger partial charge in [-0.25, -0.2) is 4.98 Å². The lowest BCUT2D eigenvalue weighted by molar-refractivity contribution is 0.467. The predicted molar refractivity (Wildman–Crippen MR) is 98.2 cm³/mol. The van der Waals surface area contributed by atoms with E-state index in [1.807, 2.05) is 13.0 Å². The molecule has 2 N–H and O–H groups in total. The number of benzene rings is 2. The zero-order chi connectivity index (χ0) is 18.1. The maximum Gasteiger partial charge on any atom is 0.259 e. The Kier molecular flexibility index (Phi) is 4.12. The number of nitriles is 1. The van der Waals surface area contributed by atoms with Crippen molar-refractivity contribution in [2.45, 2.75) is 20.8 Å². The van der Waals surface area contributed by atoms with Gasteiger partial charge in [0.2, 0.25) is 0 Å². The van der Waals surface area contributed by atoms with Gasteiger partial charge in [-0.15, -0.1) is 0 Å². The minimum Gasteiger partial charge on any atom is -0.507 e. The SMILES string of the molecule is Cc1ccc2nc(C(C#N)=Cc3cc(C)c(O)c(C)c3)[nH]c(=O)c2c1. The van der Waals surface area contributed by atoms with Gasteiger partial charge in [-0.1, -0.05) is 11.6 Å². The van der Waals surface area contributed by atoms with Crippen LogP contribution in [-0.4, -0.2) is 15.1 Å². The lowest BCUT2D eigenvalue weighted by Gasteiger charge is -2.06. The number of phenols is 1. The summed E-state index contributed by atoms with van der Waals surface area (Å²) >= 11 is 0. The number of fused-ring (bicyclic) bond motifs is 1. The van der Waals surface area contributed by atoms with Crippen molar-refractivity contribution in [2.75, 3.05) is 0 Å². The topological polar surface area (TPSA) is 89.8 Å². The van der Waals surface area contributed by atoms with Crippen LogP contribution in [-0.2, 0) is 0 Å². The Bertz CT molecular complexity index is 1090. The van der Waals surface area contributed by atoms with Crippen molar-refractivity contribution in [2.24, 2.45) is 0 Å². The molecule has 3 aromatic rings. The summed E-state index contributed by atoms with van der Waals surface area (Å²) in [6, 6.07) is 11.1. The number of hydrogen-bond acceptors (Lipinski definition) is 4. The molecule has 0 unspecified atom stereocenters. The molecule has 1 aromatic heterocycles. The van der Waals surface area contributed by atoms with Crippen molar-refractivity contribution >= 4 is 22.6 Å². The van der Waals surface area contributed by atoms with E-state index in [0.717, 1.165) is 22.3 Å². The van der Waals surface area contributed by atoms with E-state index in [1.165, 1.54) is 0 Å². The van der Waals surface area contributed by atoms with Gasteiger partial charge in [-0.05, 0) is 67.8 Å². The molecule has 0 atom stereocenters. The fourth-order valence-corrected chi connectivity index (χ4v) is 2.77. The third kappa shape index (κ3) is 3.15. The van der Waals surface area contributed by atoms with E-state index in [-0.39, 0.29) is 22.7 Å². The number of H-pyrrole nitrogens is 1. The van der Waals surface area contributed by atoms with E-state index in [4.69, 9.17) is 0 Å². The van der Waals surface area contributed by atoms with Crippen molar-refractivity contribution in [3.8, 4) is 11.8 Å². The summed E-state index contributed by atoms with van der Waals surface area (Å²) in [5, 5.41) is 19.9. The van der Waals surface area contributed by atoms with Crippen LogP contribution in [0.2, 0.25) is 0 Å². The average Bonchev–Trinajstić information content (AvgIpc) is 2.58. The Morgan fingerprint density at radius 2 is 1.88 bits per heavy atom. The number of nitrogens with zero attached hydrogens (tertiary/aromatic N) is 2. The Morgan fingerprint density at radius 3 is 2.52 bits per heavy atom. The molecule has 0 radical (unpaired) electrons. The molecule has 5 heteroatoms. The third-order valence-electron chi connectivity index (χ3n) is 4.06. The lowest BCUT2D eigenvalue weighted by atomic mass is 10.0. The second kappa shape index (κ2) is 6.25. The Labute approximate surface area is 144 Å². The second-order valence-electron chi connectivity index (χ2n) is 6.11. The Hall–Kier alpha value is -3.39. The highest BCUT2D eigenvalue weighted by atomic mass is 16.3. The first-order chi connectivity index (χ1) is 11.9. The molecule has 0 aliphatic carbocycles. The second-order valence-corrected chi connectivity index (χ2v) is 6.11. The maximum atomic E-state index is 12.3. The fraction of sp³-hybridized carbons (Fsp3) is 0.150. The first kappa shape index (κ1) is 16.5. The number of rotatable bonds is 2. The molecule has 2 aromatic carbocycles. The van der Waals surface area contributed by atoms with Crippen molar-refractivity contribution in [3.63, 3.8) is 0 Å². The minimum absolute atomic E-state index is 0.229. The lowest BCUT2D eigenvalue weighted by Crippen LogP contribution is -2.11. The van der Waals surface area contributed by atoms with Crippen LogP contribution in [0.15, 0.2) is 35.1 Å². The summed E-state index contributed by atoms with van der Waals surface area (Å²) in [6.45, 7) is 5.50. The predicted octanol–water partition coefficient (Wildman–Crippen LogP) is 3.62. The van der Waals surface area contributed by atoms with Crippen molar-refractivity contribution in [3.05, 3.63) is 68.8 Å². The van der Waals surface area contributed by atoms with E-state index in [2.05, 4.69) is 16.0 Å². The number of aryl methyl sites for hydroxylation is 3. The normalized spacial score (nSPS) is 11.5. The highest BCUT2D eigenvalue weighted by Crippen LogP contribution is 2.25. The monoisotopic (exact) mass is 331 g/mol. The largest absolute Gasteiger partial charge is 0.507 e. The van der Waals surface area contributed by atoms with E-state index < -0.39 is 0 Å². The van der Waals surface area contributed by atoms with Gasteiger partial charge in [0.1, 0.15) is 11.8 Å². The first-order valence-electron chi connectivity index (χ1n) is 7.82. The number of phenolic OH excluding ortho intramolecular Hbond substituents is 1. The molecule has 0 fully saturated rings. The highest BCUT2D eigenvalue weighted by Gasteiger charge is 2.10. The van der Waals surface area contributed by atoms with Gasteiger partial charge in [0.05, 0.1) is 16.5 Å². The molecular formula is C20H17N3O2. The molecular weight excluding hydrogens is 314 g/mol. The summed E-state index contributed by atoms with van der Waals surface area (Å²) < 4.78 is 0. The minimum atomic E-state index is -0.275. The van der Waals surface area contributed by atoms with Crippen LogP contribution in [0.25, 0.3) is 22.6 Å². The number of nitrogens with one attached hydrogen (secondary N) is 1. The standard InChI is InChI=1S/C20H17N3O2/c1-11-4-5-17-16(6-11)20(25)23-19(22-17)15(10-21)9-14-7-12(2)18(24)13(3)8-14/h4-9,24H,1-3H3,(H,22,23,25). The van der Waals surface area contributed by atoms with E-state index in [1.54, 1.807) is 44.2 Å². The smallest absolute Gasteiger partial charge is 0.259 e. The van der Waals surface area contributed by atoms with Crippen LogP contribution in [0.5, 0.6) is 5.75 Å². The first-order valence-corrected chi connectivity index (χ1v) is 7.82. The van der Waals surface area contributed by atoms with Gasteiger partial charge in [0, 0.05) is 0 Å². The van der Waals surface area contributed by atoms with E-state index >= 15 is 0 Å². The molecule has 3 rings (SSSR count). The fourth-order valence-electron chi connectivity index (χ4n) is 2.77. The number of aromatic hydroxyl groups is 1. The summed E-state index contributed by atoms with van der Waals surface area (Å²) in [7, 11) is 0. The highest BCUT2D eigenvalue weighted by molar-refractivity contribution is 5.89. The summed E-state index contributed by atoms with van der Waals surface area (Å²) in [4.78, 5) is 19.4. The molecule has 0 spiro atoms. The van der Waals surface area contributed by atoms with Crippen LogP contribution in [0, 0.1) is 32.1 Å². The molecule has 1 heterocycles. The van der Waals surface area contributed by atoms with Gasteiger partial charge in [-0.3, -0.25) is 4.79 Å². The van der Waals surface area contributed by atoms with Gasteiger partial charge < -0.3 is 10.1 Å². The molecule has 0 aliphatic rings. The third-order valence-corrected chi connectivity index (χ3v) is 4.06. The molecule has 0 amide bonds. The van der Waals surface area contributed by atoms with Crippen LogP contribution in [0.3, 0.4) is 0 Å². The van der Waals surface area contributed by atoms with Crippen molar-refractivity contribution in [1.29, 1.82) is 5.26 Å². The van der Waals surface area contributed by atoms with Gasteiger partial charge in [-0.2, -0.15) is 5.26 Å². The molecule has 124 valence electrons. The van der Waals surface area contributed by atoms with Gasteiger partial charge >= 0.3 is 0 Å². The molecule has 5 nitrogen and oxygen atoms in total. The zero-order valence-electron chi connectivity index (χ0n) is 14.2. The summed E-state index contributed by atoms with van der Waals surface area (Å²) in [6.07, 6.45) is 1.65. The summed E-state index contributed by atoms with van der Waals surface area (Å²) in [5.41, 5.74) is 3.70. The molecule has 0 bridgehead atoms. The Balaban J connectivity index is 2.16. The van der Waals surface area contributed by atoms with E-state index in [0.29, 0.717) is 10.9 Å². The zero-order valence-corrected chi connectivity index (χ0v) is 14.2. The van der Waals surface area contributed by atoms with E-state index in [9.17, 15) is 15.2 Å². The van der Waals surface area contributed by atoms with Gasteiger partial charge in [0.25, 0.3) is 5.56 Å². The molecule has 0 saturated heterocycles. The average molecular weight is 331 g/mol. The van der Waals surface area contributed by atoms with Crippen LogP contribution < -0.4 is 5.56 Å². The van der Waals surface area contributed by atoms with Crippen molar-refractivity contribution < 1.29 is 5.11 Å². The quantitative estimate of drug-likeness (QED) is 0.702. The van der Waals surface area contributed by atoms with Gasteiger partial charge in [0.15, 0.2) is 5.82 Å². The number of aromatic nitrogens is 2. The van der Waals surface area contributed by atoms with Crippen molar-refractivity contribution in [1.82, 2.24) is 9.97 Å². The molecule has 0 aliphatic heterocycles. The number of allylic oxidation sites excluding steroid dienone is 1. The van der Waals surface area contributed by atoms with Crippen LogP contribution >= 0.6 is 0 Å². The van der Waals surface area contributed by atoms with Crippen LogP contribution in [0.1, 0.15) is 28.1 Å². The Morgan fingerprint density at radius 1 is 1.20 bits per heavy atom. The number of aromatic amines is 1. The summed E-state index contributed by atoms with van der Waals surface area (Å²) in [5.74, 6) is 0.468. The molecule has 25 heavy (non-hydrogen) atoms. The number of hydrogen-bond donors (Lipinski definition) is 2. The molecule has 0 saturated carbocycles. The van der Waals surface area contributed by atoms with Crippen LogP contribution in [0.4, 0.5) is 0 Å². The maximum absolute atomic E-state index is 12.3.